The highest BCUT2D eigenvalue weighted by atomic mass is 16.5. The molecule has 5 heteroatoms. The van der Waals surface area contributed by atoms with Gasteiger partial charge in [0.2, 0.25) is 0 Å². The highest BCUT2D eigenvalue weighted by Crippen LogP contribution is 2.14. The Kier molecular flexibility index (Phi) is 6.64. The monoisotopic (exact) mass is 309 g/mol. The Balaban J connectivity index is 1.70. The number of β-amino-alcohol motifs (C(OH)–C–C–N with tert-alkyl or cyclic N) is 1. The molecule has 1 aliphatic rings. The summed E-state index contributed by atoms with van der Waals surface area (Å²) in [5.74, 6) is 0.818. The van der Waals surface area contributed by atoms with Crippen molar-refractivity contribution in [2.75, 3.05) is 33.4 Å². The van der Waals surface area contributed by atoms with E-state index in [0.717, 1.165) is 24.4 Å². The van der Waals surface area contributed by atoms with Crippen molar-refractivity contribution in [1.82, 2.24) is 4.90 Å². The van der Waals surface area contributed by atoms with Gasteiger partial charge in [0.1, 0.15) is 5.75 Å². The number of hydrogen-bond donors (Lipinski definition) is 1. The maximum absolute atomic E-state index is 10.1. The van der Waals surface area contributed by atoms with Gasteiger partial charge in [-0.05, 0) is 31.5 Å². The molecule has 0 saturated carbocycles. The Morgan fingerprint density at radius 2 is 2.05 bits per heavy atom. The molecule has 5 nitrogen and oxygen atoms in total. The van der Waals surface area contributed by atoms with E-state index in [-0.39, 0.29) is 12.2 Å². The van der Waals surface area contributed by atoms with E-state index in [2.05, 4.69) is 18.7 Å². The SMILES string of the molecule is COc1cccc(COC[C@H](O)CN2C[C@@H](C)O[C@H](C)C2)c1. The van der Waals surface area contributed by atoms with Gasteiger partial charge in [0.15, 0.2) is 0 Å². The molecule has 1 aromatic carbocycles. The van der Waals surface area contributed by atoms with E-state index in [9.17, 15) is 5.11 Å². The van der Waals surface area contributed by atoms with Crippen molar-refractivity contribution in [3.05, 3.63) is 29.8 Å². The molecule has 2 rings (SSSR count). The van der Waals surface area contributed by atoms with Crippen molar-refractivity contribution in [3.8, 4) is 5.75 Å². The molecule has 0 radical (unpaired) electrons. The van der Waals surface area contributed by atoms with E-state index >= 15 is 0 Å². The highest BCUT2D eigenvalue weighted by molar-refractivity contribution is 5.27. The summed E-state index contributed by atoms with van der Waals surface area (Å²) >= 11 is 0. The summed E-state index contributed by atoms with van der Waals surface area (Å²) in [6.45, 7) is 7.27. The first-order valence-electron chi connectivity index (χ1n) is 7.83. The van der Waals surface area contributed by atoms with Gasteiger partial charge in [0, 0.05) is 19.6 Å². The van der Waals surface area contributed by atoms with Crippen LogP contribution < -0.4 is 4.74 Å². The third-order valence-electron chi connectivity index (χ3n) is 3.68. The van der Waals surface area contributed by atoms with E-state index in [4.69, 9.17) is 14.2 Å². The summed E-state index contributed by atoms with van der Waals surface area (Å²) in [7, 11) is 1.65. The number of ether oxygens (including phenoxy) is 3. The van der Waals surface area contributed by atoms with Gasteiger partial charge in [-0.2, -0.15) is 0 Å². The van der Waals surface area contributed by atoms with Crippen LogP contribution in [-0.2, 0) is 16.1 Å². The molecular formula is C17H27NO4. The molecule has 0 aromatic heterocycles. The van der Waals surface area contributed by atoms with Crippen LogP contribution in [-0.4, -0.2) is 61.7 Å². The van der Waals surface area contributed by atoms with Crippen LogP contribution in [0.2, 0.25) is 0 Å². The number of nitrogens with zero attached hydrogens (tertiary/aromatic N) is 1. The van der Waals surface area contributed by atoms with Gasteiger partial charge in [-0.15, -0.1) is 0 Å². The molecule has 1 fully saturated rings. The Labute approximate surface area is 132 Å². The predicted molar refractivity (Wildman–Crippen MR) is 85.1 cm³/mol. The number of hydrogen-bond acceptors (Lipinski definition) is 5. The maximum Gasteiger partial charge on any atom is 0.119 e. The van der Waals surface area contributed by atoms with Crippen LogP contribution in [0.5, 0.6) is 5.75 Å². The van der Waals surface area contributed by atoms with Gasteiger partial charge in [-0.1, -0.05) is 12.1 Å². The molecule has 0 unspecified atom stereocenters. The molecule has 0 amide bonds. The zero-order chi connectivity index (χ0) is 15.9. The minimum atomic E-state index is -0.483. The topological polar surface area (TPSA) is 51.2 Å². The second-order valence-corrected chi connectivity index (χ2v) is 6.00. The molecule has 1 heterocycles. The van der Waals surface area contributed by atoms with Crippen LogP contribution in [0.4, 0.5) is 0 Å². The summed E-state index contributed by atoms with van der Waals surface area (Å²) < 4.78 is 16.5. The van der Waals surface area contributed by atoms with Crippen molar-refractivity contribution in [2.24, 2.45) is 0 Å². The summed E-state index contributed by atoms with van der Waals surface area (Å²) in [4.78, 5) is 2.23. The average molecular weight is 309 g/mol. The van der Waals surface area contributed by atoms with Crippen molar-refractivity contribution in [2.45, 2.75) is 38.8 Å². The average Bonchev–Trinajstić information content (AvgIpc) is 2.46. The van der Waals surface area contributed by atoms with E-state index < -0.39 is 6.10 Å². The van der Waals surface area contributed by atoms with Crippen molar-refractivity contribution in [1.29, 1.82) is 0 Å². The lowest BCUT2D eigenvalue weighted by Crippen LogP contribution is -2.48. The van der Waals surface area contributed by atoms with Crippen molar-refractivity contribution in [3.63, 3.8) is 0 Å². The number of benzene rings is 1. The minimum absolute atomic E-state index is 0.216. The summed E-state index contributed by atoms with van der Waals surface area (Å²) in [6.07, 6.45) is -0.0505. The fourth-order valence-electron chi connectivity index (χ4n) is 2.86. The third-order valence-corrected chi connectivity index (χ3v) is 3.68. The summed E-state index contributed by atoms with van der Waals surface area (Å²) in [5, 5.41) is 10.1. The fourth-order valence-corrected chi connectivity index (χ4v) is 2.86. The van der Waals surface area contributed by atoms with E-state index in [1.165, 1.54) is 0 Å². The molecule has 0 spiro atoms. The lowest BCUT2D eigenvalue weighted by atomic mass is 10.2. The van der Waals surface area contributed by atoms with Gasteiger partial charge in [0.25, 0.3) is 0 Å². The number of rotatable bonds is 7. The van der Waals surface area contributed by atoms with Gasteiger partial charge in [-0.3, -0.25) is 4.90 Å². The van der Waals surface area contributed by atoms with E-state index in [1.807, 2.05) is 24.3 Å². The normalized spacial score (nSPS) is 24.2. The number of methoxy groups -OCH3 is 1. The van der Waals surface area contributed by atoms with Gasteiger partial charge in [-0.25, -0.2) is 0 Å². The second-order valence-electron chi connectivity index (χ2n) is 6.00. The molecule has 3 atom stereocenters. The largest absolute Gasteiger partial charge is 0.497 e. The first-order valence-corrected chi connectivity index (χ1v) is 7.83. The lowest BCUT2D eigenvalue weighted by Gasteiger charge is -2.36. The molecule has 124 valence electrons. The first-order chi connectivity index (χ1) is 10.6. The predicted octanol–water partition coefficient (Wildman–Crippen LogP) is 1.68. The Hall–Kier alpha value is -1.14. The van der Waals surface area contributed by atoms with Crippen LogP contribution in [0, 0.1) is 0 Å². The van der Waals surface area contributed by atoms with Crippen LogP contribution in [0.3, 0.4) is 0 Å². The zero-order valence-corrected chi connectivity index (χ0v) is 13.7. The zero-order valence-electron chi connectivity index (χ0n) is 13.7. The Morgan fingerprint density at radius 3 is 2.73 bits per heavy atom. The molecule has 1 aromatic rings. The van der Waals surface area contributed by atoms with Crippen LogP contribution in [0.25, 0.3) is 0 Å². The minimum Gasteiger partial charge on any atom is -0.497 e. The van der Waals surface area contributed by atoms with Crippen LogP contribution in [0.1, 0.15) is 19.4 Å². The Bertz CT molecular complexity index is 444. The second kappa shape index (κ2) is 8.48. The molecular weight excluding hydrogens is 282 g/mol. The lowest BCUT2D eigenvalue weighted by molar-refractivity contribution is -0.0826. The molecule has 1 aliphatic heterocycles. The first kappa shape index (κ1) is 17.2. The van der Waals surface area contributed by atoms with Crippen molar-refractivity contribution >= 4 is 0 Å². The summed E-state index contributed by atoms with van der Waals surface area (Å²) in [6, 6.07) is 7.77. The quantitative estimate of drug-likeness (QED) is 0.830. The number of morpholine rings is 1. The smallest absolute Gasteiger partial charge is 0.119 e. The summed E-state index contributed by atoms with van der Waals surface area (Å²) in [5.41, 5.74) is 1.04. The third kappa shape index (κ3) is 5.57. The Morgan fingerprint density at radius 1 is 1.32 bits per heavy atom. The van der Waals surface area contributed by atoms with Gasteiger partial charge < -0.3 is 19.3 Å². The molecule has 1 saturated heterocycles. The molecule has 0 aliphatic carbocycles. The van der Waals surface area contributed by atoms with Crippen LogP contribution in [0.15, 0.2) is 24.3 Å². The molecule has 1 N–H and O–H groups in total. The van der Waals surface area contributed by atoms with E-state index in [1.54, 1.807) is 7.11 Å². The van der Waals surface area contributed by atoms with Crippen molar-refractivity contribution < 1.29 is 19.3 Å². The van der Waals surface area contributed by atoms with Crippen LogP contribution >= 0.6 is 0 Å². The number of aliphatic hydroxyl groups excluding tert-OH is 1. The standard InChI is InChI=1S/C17H27NO4/c1-13-8-18(9-14(2)22-13)10-16(19)12-21-11-15-5-4-6-17(7-15)20-3/h4-7,13-14,16,19H,8-12H2,1-3H3/t13-,14-,16-/m1/s1. The highest BCUT2D eigenvalue weighted by Gasteiger charge is 2.23. The van der Waals surface area contributed by atoms with Gasteiger partial charge >= 0.3 is 0 Å². The fraction of sp³-hybridized carbons (Fsp3) is 0.647. The number of aliphatic hydroxyl groups is 1. The maximum atomic E-state index is 10.1. The van der Waals surface area contributed by atoms with E-state index in [0.29, 0.717) is 19.8 Å². The molecule has 0 bridgehead atoms. The van der Waals surface area contributed by atoms with Gasteiger partial charge in [0.05, 0.1) is 38.6 Å². The molecule has 22 heavy (non-hydrogen) atoms.